The zero-order valence-electron chi connectivity index (χ0n) is 11.1. The maximum absolute atomic E-state index is 10.5. The van der Waals surface area contributed by atoms with E-state index < -0.39 is 0 Å². The van der Waals surface area contributed by atoms with E-state index in [4.69, 9.17) is 0 Å². The SMILES string of the molecule is CC(CC1CCCCCC1)C(C)[C@@H](C)N=O. The van der Waals surface area contributed by atoms with Gasteiger partial charge in [-0.1, -0.05) is 57.5 Å². The Morgan fingerprint density at radius 3 is 2.12 bits per heavy atom. The van der Waals surface area contributed by atoms with E-state index in [2.05, 4.69) is 19.0 Å². The van der Waals surface area contributed by atoms with Crippen molar-refractivity contribution >= 4 is 0 Å². The van der Waals surface area contributed by atoms with Crippen molar-refractivity contribution in [2.24, 2.45) is 22.9 Å². The van der Waals surface area contributed by atoms with Gasteiger partial charge in [0.25, 0.3) is 0 Å². The third-order valence-electron chi connectivity index (χ3n) is 4.50. The average Bonchev–Trinajstić information content (AvgIpc) is 2.55. The summed E-state index contributed by atoms with van der Waals surface area (Å²) in [5.41, 5.74) is 0. The maximum atomic E-state index is 10.5. The van der Waals surface area contributed by atoms with Crippen LogP contribution in [0.4, 0.5) is 0 Å². The van der Waals surface area contributed by atoms with E-state index >= 15 is 0 Å². The fourth-order valence-corrected chi connectivity index (χ4v) is 2.91. The minimum absolute atomic E-state index is 0.0271. The molecule has 0 aliphatic heterocycles. The van der Waals surface area contributed by atoms with Crippen molar-refractivity contribution in [1.82, 2.24) is 0 Å². The molecule has 0 heterocycles. The van der Waals surface area contributed by atoms with Crippen LogP contribution in [0.1, 0.15) is 65.7 Å². The van der Waals surface area contributed by atoms with Crippen LogP contribution < -0.4 is 0 Å². The molecule has 0 aromatic heterocycles. The van der Waals surface area contributed by atoms with E-state index in [-0.39, 0.29) is 6.04 Å². The lowest BCUT2D eigenvalue weighted by Crippen LogP contribution is -2.21. The van der Waals surface area contributed by atoms with Gasteiger partial charge in [-0.05, 0) is 31.1 Å². The summed E-state index contributed by atoms with van der Waals surface area (Å²) in [6, 6.07) is -0.0271. The molecule has 3 atom stereocenters. The fourth-order valence-electron chi connectivity index (χ4n) is 2.91. The third-order valence-corrected chi connectivity index (χ3v) is 4.50. The van der Waals surface area contributed by atoms with E-state index in [1.807, 2.05) is 6.92 Å². The molecule has 1 rings (SSSR count). The van der Waals surface area contributed by atoms with Crippen LogP contribution in [0, 0.1) is 22.7 Å². The molecule has 0 aromatic carbocycles. The van der Waals surface area contributed by atoms with E-state index in [0.717, 1.165) is 5.92 Å². The minimum atomic E-state index is -0.0271. The highest BCUT2D eigenvalue weighted by molar-refractivity contribution is 4.76. The summed E-state index contributed by atoms with van der Waals surface area (Å²) in [5, 5.41) is 3.17. The molecule has 1 saturated carbocycles. The molecule has 16 heavy (non-hydrogen) atoms. The second kappa shape index (κ2) is 7.03. The van der Waals surface area contributed by atoms with Gasteiger partial charge in [0.2, 0.25) is 0 Å². The van der Waals surface area contributed by atoms with Crippen LogP contribution in [0.15, 0.2) is 5.18 Å². The average molecular weight is 225 g/mol. The highest BCUT2D eigenvalue weighted by Crippen LogP contribution is 2.31. The summed E-state index contributed by atoms with van der Waals surface area (Å²) in [4.78, 5) is 10.5. The Balaban J connectivity index is 2.36. The zero-order chi connectivity index (χ0) is 12.0. The van der Waals surface area contributed by atoms with Gasteiger partial charge in [-0.15, -0.1) is 0 Å². The van der Waals surface area contributed by atoms with Gasteiger partial charge in [0.05, 0.1) is 6.04 Å². The van der Waals surface area contributed by atoms with E-state index in [0.29, 0.717) is 11.8 Å². The van der Waals surface area contributed by atoms with Crippen molar-refractivity contribution in [3.05, 3.63) is 4.91 Å². The lowest BCUT2D eigenvalue weighted by Gasteiger charge is -2.25. The number of nitrogens with zero attached hydrogens (tertiary/aromatic N) is 1. The van der Waals surface area contributed by atoms with Crippen molar-refractivity contribution in [2.45, 2.75) is 71.8 Å². The maximum Gasteiger partial charge on any atom is 0.0919 e. The number of nitroso groups, excluding NO2 is 1. The fraction of sp³-hybridized carbons (Fsp3) is 1.00. The number of rotatable bonds is 5. The van der Waals surface area contributed by atoms with Crippen molar-refractivity contribution in [3.8, 4) is 0 Å². The van der Waals surface area contributed by atoms with Gasteiger partial charge in [0.15, 0.2) is 0 Å². The first-order valence-corrected chi connectivity index (χ1v) is 6.97. The number of hydrogen-bond acceptors (Lipinski definition) is 2. The zero-order valence-corrected chi connectivity index (χ0v) is 11.1. The summed E-state index contributed by atoms with van der Waals surface area (Å²) in [5.74, 6) is 1.97. The quantitative estimate of drug-likeness (QED) is 0.489. The Morgan fingerprint density at radius 1 is 1.06 bits per heavy atom. The van der Waals surface area contributed by atoms with Crippen LogP contribution in [0.2, 0.25) is 0 Å². The molecule has 2 unspecified atom stereocenters. The van der Waals surface area contributed by atoms with Gasteiger partial charge in [0, 0.05) is 0 Å². The molecule has 94 valence electrons. The summed E-state index contributed by atoms with van der Waals surface area (Å²) < 4.78 is 0. The summed E-state index contributed by atoms with van der Waals surface area (Å²) in [7, 11) is 0. The highest BCUT2D eigenvalue weighted by Gasteiger charge is 2.23. The predicted octanol–water partition coefficient (Wildman–Crippen LogP) is 4.77. The second-order valence-electron chi connectivity index (χ2n) is 5.78. The van der Waals surface area contributed by atoms with Crippen LogP contribution in [0.3, 0.4) is 0 Å². The van der Waals surface area contributed by atoms with Gasteiger partial charge in [-0.3, -0.25) is 0 Å². The Hall–Kier alpha value is -0.400. The minimum Gasteiger partial charge on any atom is -0.151 e. The Bertz CT molecular complexity index is 197. The van der Waals surface area contributed by atoms with Crippen LogP contribution in [0.5, 0.6) is 0 Å². The molecule has 0 radical (unpaired) electrons. The van der Waals surface area contributed by atoms with Crippen molar-refractivity contribution < 1.29 is 0 Å². The molecule has 0 N–H and O–H groups in total. The Morgan fingerprint density at radius 2 is 1.62 bits per heavy atom. The Kier molecular flexibility index (Phi) is 6.00. The highest BCUT2D eigenvalue weighted by atomic mass is 16.3. The molecule has 0 bridgehead atoms. The molecular formula is C14H27NO. The van der Waals surface area contributed by atoms with Gasteiger partial charge in [-0.25, -0.2) is 0 Å². The molecule has 1 fully saturated rings. The molecule has 0 saturated heterocycles. The molecule has 2 heteroatoms. The lowest BCUT2D eigenvalue weighted by atomic mass is 9.81. The molecule has 0 aromatic rings. The predicted molar refractivity (Wildman–Crippen MR) is 69.4 cm³/mol. The Labute approximate surface area is 100 Å². The first kappa shape index (κ1) is 13.7. The smallest absolute Gasteiger partial charge is 0.0919 e. The second-order valence-corrected chi connectivity index (χ2v) is 5.78. The van der Waals surface area contributed by atoms with Gasteiger partial charge < -0.3 is 0 Å². The van der Waals surface area contributed by atoms with Crippen LogP contribution >= 0.6 is 0 Å². The normalized spacial score (nSPS) is 24.4. The monoisotopic (exact) mass is 225 g/mol. The summed E-state index contributed by atoms with van der Waals surface area (Å²) >= 11 is 0. The summed E-state index contributed by atoms with van der Waals surface area (Å²) in [6.07, 6.45) is 9.76. The third kappa shape index (κ3) is 4.23. The van der Waals surface area contributed by atoms with Gasteiger partial charge >= 0.3 is 0 Å². The first-order valence-electron chi connectivity index (χ1n) is 6.97. The standard InChI is InChI=1S/C14H27NO/c1-11(12(2)13(3)15-16)10-14-8-6-4-5-7-9-14/h11-14H,4-10H2,1-3H3/t11?,12?,13-/m1/s1. The van der Waals surface area contributed by atoms with Crippen molar-refractivity contribution in [2.75, 3.05) is 0 Å². The van der Waals surface area contributed by atoms with Crippen molar-refractivity contribution in [1.29, 1.82) is 0 Å². The molecule has 1 aliphatic rings. The van der Waals surface area contributed by atoms with Gasteiger partial charge in [-0.2, -0.15) is 4.91 Å². The van der Waals surface area contributed by atoms with E-state index in [1.165, 1.54) is 44.9 Å². The summed E-state index contributed by atoms with van der Waals surface area (Å²) in [6.45, 7) is 6.41. The first-order chi connectivity index (χ1) is 7.65. The van der Waals surface area contributed by atoms with Crippen LogP contribution in [-0.4, -0.2) is 6.04 Å². The van der Waals surface area contributed by atoms with E-state index in [1.54, 1.807) is 0 Å². The van der Waals surface area contributed by atoms with Crippen LogP contribution in [-0.2, 0) is 0 Å². The van der Waals surface area contributed by atoms with Crippen LogP contribution in [0.25, 0.3) is 0 Å². The van der Waals surface area contributed by atoms with Gasteiger partial charge in [0.1, 0.15) is 0 Å². The molecular weight excluding hydrogens is 198 g/mol. The molecule has 0 amide bonds. The molecule has 1 aliphatic carbocycles. The van der Waals surface area contributed by atoms with Crippen molar-refractivity contribution in [3.63, 3.8) is 0 Å². The topological polar surface area (TPSA) is 29.4 Å². The lowest BCUT2D eigenvalue weighted by molar-refractivity contribution is 0.261. The molecule has 0 spiro atoms. The number of hydrogen-bond donors (Lipinski definition) is 0. The van der Waals surface area contributed by atoms with E-state index in [9.17, 15) is 4.91 Å². The largest absolute Gasteiger partial charge is 0.151 e. The molecule has 2 nitrogen and oxygen atoms in total.